The number of esters is 1. The number of ether oxygens (including phenoxy) is 1. The van der Waals surface area contributed by atoms with Crippen LogP contribution in [0, 0.1) is 5.82 Å². The first kappa shape index (κ1) is 18.4. The number of amides is 1. The molecule has 1 aromatic carbocycles. The highest BCUT2D eigenvalue weighted by atomic mass is 32.2. The number of rotatable bonds is 6. The van der Waals surface area contributed by atoms with E-state index in [-0.39, 0.29) is 23.7 Å². The summed E-state index contributed by atoms with van der Waals surface area (Å²) >= 11 is 0. The zero-order chi connectivity index (χ0) is 17.7. The van der Waals surface area contributed by atoms with Crippen molar-refractivity contribution < 1.29 is 27.1 Å². The van der Waals surface area contributed by atoms with E-state index in [1.54, 1.807) is 12.1 Å². The summed E-state index contributed by atoms with van der Waals surface area (Å²) in [5.41, 5.74) is 0.793. The summed E-state index contributed by atoms with van der Waals surface area (Å²) < 4.78 is 40.5. The van der Waals surface area contributed by atoms with Gasteiger partial charge < -0.3 is 10.1 Å². The molecule has 1 N–H and O–H groups in total. The van der Waals surface area contributed by atoms with E-state index in [2.05, 4.69) is 5.32 Å². The Morgan fingerprint density at radius 2 is 2.00 bits per heavy atom. The summed E-state index contributed by atoms with van der Waals surface area (Å²) in [6.07, 6.45) is -0.164. The number of carbonyl (C=O) groups excluding carboxylic acids is 2. The molecule has 2 atom stereocenters. The smallest absolute Gasteiger partial charge is 0.306 e. The van der Waals surface area contributed by atoms with Crippen LogP contribution in [0.25, 0.3) is 0 Å². The molecule has 2 rings (SSSR count). The molecule has 1 saturated heterocycles. The molecule has 1 aliphatic rings. The molecule has 0 spiro atoms. The van der Waals surface area contributed by atoms with Crippen LogP contribution in [0.4, 0.5) is 4.39 Å². The van der Waals surface area contributed by atoms with Gasteiger partial charge in [0.25, 0.3) is 5.91 Å². The van der Waals surface area contributed by atoms with Crippen LogP contribution >= 0.6 is 0 Å². The molecule has 0 saturated carbocycles. The van der Waals surface area contributed by atoms with Gasteiger partial charge in [0.1, 0.15) is 5.82 Å². The van der Waals surface area contributed by atoms with E-state index in [1.165, 1.54) is 19.1 Å². The molecule has 1 aromatic rings. The molecule has 0 unspecified atom stereocenters. The number of aryl methyl sites for hydroxylation is 1. The largest absolute Gasteiger partial charge is 0.453 e. The number of sulfone groups is 1. The van der Waals surface area contributed by atoms with Gasteiger partial charge in [0.05, 0.1) is 11.5 Å². The Morgan fingerprint density at radius 3 is 2.58 bits per heavy atom. The van der Waals surface area contributed by atoms with Gasteiger partial charge in [-0.3, -0.25) is 9.59 Å². The van der Waals surface area contributed by atoms with Crippen molar-refractivity contribution in [3.8, 4) is 0 Å². The Labute approximate surface area is 140 Å². The highest BCUT2D eigenvalue weighted by Crippen LogP contribution is 2.12. The van der Waals surface area contributed by atoms with Crippen molar-refractivity contribution in [2.75, 3.05) is 11.5 Å². The Balaban J connectivity index is 1.74. The Bertz CT molecular complexity index is 702. The normalized spacial score (nSPS) is 20.3. The Hall–Kier alpha value is -1.96. The van der Waals surface area contributed by atoms with Gasteiger partial charge in [-0.05, 0) is 37.5 Å². The molecule has 0 bridgehead atoms. The van der Waals surface area contributed by atoms with Crippen LogP contribution in [-0.2, 0) is 30.6 Å². The predicted octanol–water partition coefficient (Wildman–Crippen LogP) is 0.993. The third-order valence-electron chi connectivity index (χ3n) is 3.79. The molecule has 0 aromatic heterocycles. The average Bonchev–Trinajstić information content (AvgIpc) is 2.85. The predicted molar refractivity (Wildman–Crippen MR) is 85.5 cm³/mol. The van der Waals surface area contributed by atoms with Gasteiger partial charge in [0.2, 0.25) is 0 Å². The fourth-order valence-corrected chi connectivity index (χ4v) is 4.11. The first-order valence-electron chi connectivity index (χ1n) is 7.70. The molecule has 24 heavy (non-hydrogen) atoms. The van der Waals surface area contributed by atoms with Crippen LogP contribution < -0.4 is 5.32 Å². The van der Waals surface area contributed by atoms with Crippen LogP contribution in [0.2, 0.25) is 0 Å². The zero-order valence-corrected chi connectivity index (χ0v) is 14.1. The van der Waals surface area contributed by atoms with Crippen LogP contribution in [0.15, 0.2) is 24.3 Å². The number of nitrogens with one attached hydrogen (secondary N) is 1. The highest BCUT2D eigenvalue weighted by Gasteiger charge is 2.30. The van der Waals surface area contributed by atoms with Crippen LogP contribution in [0.5, 0.6) is 0 Å². The summed E-state index contributed by atoms with van der Waals surface area (Å²) in [7, 11) is -3.08. The third kappa shape index (κ3) is 5.59. The summed E-state index contributed by atoms with van der Waals surface area (Å²) in [4.78, 5) is 23.7. The van der Waals surface area contributed by atoms with Crippen molar-refractivity contribution in [3.05, 3.63) is 35.6 Å². The van der Waals surface area contributed by atoms with Crippen molar-refractivity contribution in [1.29, 1.82) is 0 Å². The van der Waals surface area contributed by atoms with E-state index >= 15 is 0 Å². The first-order chi connectivity index (χ1) is 11.2. The number of benzene rings is 1. The van der Waals surface area contributed by atoms with Gasteiger partial charge in [-0.15, -0.1) is 0 Å². The van der Waals surface area contributed by atoms with Crippen LogP contribution in [0.1, 0.15) is 25.3 Å². The minimum Gasteiger partial charge on any atom is -0.453 e. The molecule has 0 aliphatic carbocycles. The molecule has 8 heteroatoms. The Morgan fingerprint density at radius 1 is 1.33 bits per heavy atom. The molecule has 1 amide bonds. The van der Waals surface area contributed by atoms with Crippen molar-refractivity contribution in [2.45, 2.75) is 38.3 Å². The second-order valence-electron chi connectivity index (χ2n) is 5.87. The molecule has 1 heterocycles. The lowest BCUT2D eigenvalue weighted by atomic mass is 10.1. The summed E-state index contributed by atoms with van der Waals surface area (Å²) in [6.45, 7) is 1.44. The number of hydrogen-bond donors (Lipinski definition) is 1. The minimum absolute atomic E-state index is 0.0593. The lowest BCUT2D eigenvalue weighted by molar-refractivity contribution is -0.155. The zero-order valence-electron chi connectivity index (χ0n) is 13.3. The number of halogens is 1. The van der Waals surface area contributed by atoms with Gasteiger partial charge >= 0.3 is 5.97 Å². The maximum Gasteiger partial charge on any atom is 0.306 e. The fraction of sp³-hybridized carbons (Fsp3) is 0.500. The lowest BCUT2D eigenvalue weighted by Crippen LogP contribution is -2.42. The van der Waals surface area contributed by atoms with Gasteiger partial charge in [0.15, 0.2) is 15.9 Å². The fourth-order valence-electron chi connectivity index (χ4n) is 2.43. The Kier molecular flexibility index (Phi) is 5.93. The van der Waals surface area contributed by atoms with Crippen molar-refractivity contribution >= 4 is 21.7 Å². The van der Waals surface area contributed by atoms with E-state index in [0.717, 1.165) is 5.56 Å². The third-order valence-corrected chi connectivity index (χ3v) is 5.56. The molecule has 1 fully saturated rings. The monoisotopic (exact) mass is 357 g/mol. The van der Waals surface area contributed by atoms with Crippen molar-refractivity contribution in [2.24, 2.45) is 0 Å². The SMILES string of the molecule is C[C@H](OC(=O)CCc1ccc(F)cc1)C(=O)N[C@@H]1CCS(=O)(=O)C1. The lowest BCUT2D eigenvalue weighted by Gasteiger charge is -2.16. The van der Waals surface area contributed by atoms with Gasteiger partial charge in [0, 0.05) is 12.5 Å². The molecule has 0 radical (unpaired) electrons. The molecular formula is C16H20FNO5S. The van der Waals surface area contributed by atoms with Crippen LogP contribution in [-0.4, -0.2) is 43.9 Å². The minimum atomic E-state index is -3.08. The topological polar surface area (TPSA) is 89.5 Å². The van der Waals surface area contributed by atoms with Crippen LogP contribution in [0.3, 0.4) is 0 Å². The van der Waals surface area contributed by atoms with E-state index in [0.29, 0.717) is 12.8 Å². The number of carbonyl (C=O) groups is 2. The molecule has 132 valence electrons. The second-order valence-corrected chi connectivity index (χ2v) is 8.10. The number of hydrogen-bond acceptors (Lipinski definition) is 5. The van der Waals surface area contributed by atoms with Gasteiger partial charge in [-0.2, -0.15) is 0 Å². The van der Waals surface area contributed by atoms with Gasteiger partial charge in [-0.1, -0.05) is 12.1 Å². The van der Waals surface area contributed by atoms with E-state index in [9.17, 15) is 22.4 Å². The summed E-state index contributed by atoms with van der Waals surface area (Å²) in [5.74, 6) is -1.41. The second kappa shape index (κ2) is 7.74. The average molecular weight is 357 g/mol. The quantitative estimate of drug-likeness (QED) is 0.767. The summed E-state index contributed by atoms with van der Waals surface area (Å²) in [5, 5.41) is 2.58. The maximum absolute atomic E-state index is 12.8. The highest BCUT2D eigenvalue weighted by molar-refractivity contribution is 7.91. The maximum atomic E-state index is 12.8. The van der Waals surface area contributed by atoms with E-state index in [4.69, 9.17) is 4.74 Å². The summed E-state index contributed by atoms with van der Waals surface area (Å²) in [6, 6.07) is 5.36. The van der Waals surface area contributed by atoms with E-state index < -0.39 is 33.9 Å². The molecule has 1 aliphatic heterocycles. The van der Waals surface area contributed by atoms with Crippen molar-refractivity contribution in [1.82, 2.24) is 5.32 Å². The van der Waals surface area contributed by atoms with Gasteiger partial charge in [-0.25, -0.2) is 12.8 Å². The van der Waals surface area contributed by atoms with Crippen molar-refractivity contribution in [3.63, 3.8) is 0 Å². The standard InChI is InChI=1S/C16H20FNO5S/c1-11(16(20)18-14-8-9-24(21,22)10-14)23-15(19)7-4-12-2-5-13(17)6-3-12/h2-3,5-6,11,14H,4,7-10H2,1H3,(H,18,20)/t11-,14+/m0/s1. The van der Waals surface area contributed by atoms with E-state index in [1.807, 2.05) is 0 Å². The molecular weight excluding hydrogens is 337 g/mol. The first-order valence-corrected chi connectivity index (χ1v) is 9.52. The molecule has 6 nitrogen and oxygen atoms in total.